The van der Waals surface area contributed by atoms with Crippen molar-refractivity contribution < 1.29 is 18.3 Å². The Kier molecular flexibility index (Phi) is 4.41. The summed E-state index contributed by atoms with van der Waals surface area (Å²) >= 11 is 1.38. The van der Waals surface area contributed by atoms with E-state index in [1.165, 1.54) is 23.9 Å². The molecule has 1 aliphatic heterocycles. The quantitative estimate of drug-likeness (QED) is 0.918. The lowest BCUT2D eigenvalue weighted by atomic mass is 10.2. The first-order chi connectivity index (χ1) is 9.35. The lowest BCUT2D eigenvalue weighted by Gasteiger charge is -2.28. The van der Waals surface area contributed by atoms with Crippen molar-refractivity contribution >= 4 is 27.8 Å². The summed E-state index contributed by atoms with van der Waals surface area (Å²) in [7, 11) is -3.80. The molecule has 2 unspecified atom stereocenters. The van der Waals surface area contributed by atoms with Gasteiger partial charge in [0, 0.05) is 5.75 Å². The maximum absolute atomic E-state index is 12.7. The number of aliphatic carboxylic acids is 1. The van der Waals surface area contributed by atoms with Gasteiger partial charge in [-0.25, -0.2) is 8.42 Å². The first-order valence-corrected chi connectivity index (χ1v) is 8.77. The summed E-state index contributed by atoms with van der Waals surface area (Å²) in [6, 6.07) is 6.99. The molecule has 0 aromatic heterocycles. The highest BCUT2D eigenvalue weighted by atomic mass is 32.2. The van der Waals surface area contributed by atoms with Gasteiger partial charge in [-0.3, -0.25) is 4.79 Å². The summed E-state index contributed by atoms with van der Waals surface area (Å²) in [5.74, 6) is -0.771. The molecule has 0 aliphatic carbocycles. The van der Waals surface area contributed by atoms with Crippen molar-refractivity contribution in [3.63, 3.8) is 0 Å². The molecule has 1 aliphatic rings. The summed E-state index contributed by atoms with van der Waals surface area (Å²) in [4.78, 5) is 11.5. The monoisotopic (exact) mass is 315 g/mol. The molecular formula is C13H17NO4S2. The summed E-state index contributed by atoms with van der Waals surface area (Å²) in [6.45, 7) is 3.80. The van der Waals surface area contributed by atoms with E-state index in [0.29, 0.717) is 0 Å². The lowest BCUT2D eigenvalue weighted by Crippen LogP contribution is -2.46. The average Bonchev–Trinajstić information content (AvgIpc) is 2.85. The van der Waals surface area contributed by atoms with Crippen molar-refractivity contribution in [2.75, 3.05) is 5.75 Å². The number of hydrogen-bond donors (Lipinski definition) is 1. The molecule has 1 aromatic carbocycles. The van der Waals surface area contributed by atoms with Gasteiger partial charge in [0.15, 0.2) is 0 Å². The van der Waals surface area contributed by atoms with Crippen molar-refractivity contribution in [1.29, 1.82) is 0 Å². The fourth-order valence-electron chi connectivity index (χ4n) is 2.20. The van der Waals surface area contributed by atoms with E-state index in [2.05, 4.69) is 0 Å². The summed E-state index contributed by atoms with van der Waals surface area (Å²) in [6.07, 6.45) is 0. The number of carboxylic acids is 1. The number of sulfonamides is 1. The summed E-state index contributed by atoms with van der Waals surface area (Å²) in [5.41, 5.74) is 0. The third-order valence-corrected chi connectivity index (χ3v) is 6.82. The van der Waals surface area contributed by atoms with E-state index in [1.54, 1.807) is 18.2 Å². The van der Waals surface area contributed by atoms with Gasteiger partial charge in [0.05, 0.1) is 10.3 Å². The van der Waals surface area contributed by atoms with Crippen LogP contribution in [0.5, 0.6) is 0 Å². The normalized spacial score (nSPS) is 24.1. The Labute approximate surface area is 123 Å². The Bertz CT molecular complexity index is 586. The van der Waals surface area contributed by atoms with Gasteiger partial charge in [0.1, 0.15) is 6.04 Å². The molecule has 2 rings (SSSR count). The van der Waals surface area contributed by atoms with Crippen LogP contribution in [-0.4, -0.2) is 41.0 Å². The fourth-order valence-corrected chi connectivity index (χ4v) is 5.94. The molecule has 0 spiro atoms. The molecule has 0 amide bonds. The molecule has 1 aromatic rings. The first kappa shape index (κ1) is 15.3. The van der Waals surface area contributed by atoms with Crippen LogP contribution in [-0.2, 0) is 14.8 Å². The van der Waals surface area contributed by atoms with Crippen molar-refractivity contribution in [3.8, 4) is 0 Å². The third kappa shape index (κ3) is 2.70. The van der Waals surface area contributed by atoms with Gasteiger partial charge in [-0.1, -0.05) is 32.0 Å². The molecule has 7 heteroatoms. The zero-order chi connectivity index (χ0) is 14.9. The number of rotatable bonds is 4. The summed E-state index contributed by atoms with van der Waals surface area (Å²) in [5, 5.41) is 8.93. The second-order valence-electron chi connectivity index (χ2n) is 4.97. The number of nitrogens with zero attached hydrogens (tertiary/aromatic N) is 1. The van der Waals surface area contributed by atoms with E-state index in [9.17, 15) is 18.3 Å². The Morgan fingerprint density at radius 1 is 1.35 bits per heavy atom. The molecule has 5 nitrogen and oxygen atoms in total. The Morgan fingerprint density at radius 3 is 2.45 bits per heavy atom. The molecule has 110 valence electrons. The highest BCUT2D eigenvalue weighted by molar-refractivity contribution is 8.01. The predicted octanol–water partition coefficient (Wildman–Crippen LogP) is 1.86. The van der Waals surface area contributed by atoms with Crippen LogP contribution in [0.1, 0.15) is 13.8 Å². The number of carbonyl (C=O) groups is 1. The highest BCUT2D eigenvalue weighted by Gasteiger charge is 2.47. The standard InChI is InChI=1S/C13H17NO4S2/c1-9(2)12-14(11(8-19-12)13(15)16)20(17,18)10-6-4-3-5-7-10/h3-7,9,11-12H,8H2,1-2H3,(H,15,16). The van der Waals surface area contributed by atoms with Crippen LogP contribution in [0.3, 0.4) is 0 Å². The second-order valence-corrected chi connectivity index (χ2v) is 7.96. The Morgan fingerprint density at radius 2 is 1.95 bits per heavy atom. The molecule has 0 radical (unpaired) electrons. The van der Waals surface area contributed by atoms with Crippen LogP contribution in [0.25, 0.3) is 0 Å². The van der Waals surface area contributed by atoms with Gasteiger partial charge in [0.2, 0.25) is 10.0 Å². The minimum atomic E-state index is -3.80. The van der Waals surface area contributed by atoms with Gasteiger partial charge in [-0.2, -0.15) is 4.31 Å². The molecule has 2 atom stereocenters. The van der Waals surface area contributed by atoms with Crippen LogP contribution in [0.4, 0.5) is 0 Å². The Balaban J connectivity index is 2.47. The smallest absolute Gasteiger partial charge is 0.322 e. The van der Waals surface area contributed by atoms with Crippen molar-refractivity contribution in [1.82, 2.24) is 4.31 Å². The topological polar surface area (TPSA) is 74.7 Å². The van der Waals surface area contributed by atoms with Crippen molar-refractivity contribution in [2.24, 2.45) is 5.92 Å². The van der Waals surface area contributed by atoms with Crippen molar-refractivity contribution in [2.45, 2.75) is 30.2 Å². The van der Waals surface area contributed by atoms with Crippen LogP contribution in [0.2, 0.25) is 0 Å². The number of hydrogen-bond acceptors (Lipinski definition) is 4. The molecular weight excluding hydrogens is 298 g/mol. The predicted molar refractivity (Wildman–Crippen MR) is 78.0 cm³/mol. The molecule has 1 fully saturated rings. The third-order valence-electron chi connectivity index (χ3n) is 3.16. The van der Waals surface area contributed by atoms with Gasteiger partial charge in [-0.05, 0) is 18.1 Å². The largest absolute Gasteiger partial charge is 0.480 e. The van der Waals surface area contributed by atoms with Gasteiger partial charge < -0.3 is 5.11 Å². The zero-order valence-electron chi connectivity index (χ0n) is 11.3. The fraction of sp³-hybridized carbons (Fsp3) is 0.462. The molecule has 1 saturated heterocycles. The van der Waals surface area contributed by atoms with E-state index in [-0.39, 0.29) is 21.9 Å². The maximum Gasteiger partial charge on any atom is 0.322 e. The van der Waals surface area contributed by atoms with Crippen LogP contribution in [0.15, 0.2) is 35.2 Å². The SMILES string of the molecule is CC(C)C1SCC(C(=O)O)N1S(=O)(=O)c1ccccc1. The minimum absolute atomic E-state index is 0.0443. The molecule has 0 bridgehead atoms. The highest BCUT2D eigenvalue weighted by Crippen LogP contribution is 2.38. The Hall–Kier alpha value is -1.05. The van der Waals surface area contributed by atoms with Gasteiger partial charge in [0.25, 0.3) is 0 Å². The second kappa shape index (κ2) is 5.75. The van der Waals surface area contributed by atoms with Crippen LogP contribution in [0, 0.1) is 5.92 Å². The lowest BCUT2D eigenvalue weighted by molar-refractivity contribution is -0.140. The van der Waals surface area contributed by atoms with Crippen molar-refractivity contribution in [3.05, 3.63) is 30.3 Å². The molecule has 1 heterocycles. The average molecular weight is 315 g/mol. The summed E-state index contributed by atoms with van der Waals surface area (Å²) < 4.78 is 26.6. The van der Waals surface area contributed by atoms with Gasteiger partial charge in [-0.15, -0.1) is 11.8 Å². The maximum atomic E-state index is 12.7. The van der Waals surface area contributed by atoms with Gasteiger partial charge >= 0.3 is 5.97 Å². The minimum Gasteiger partial charge on any atom is -0.480 e. The number of benzene rings is 1. The number of carboxylic acid groups (broad SMARTS) is 1. The number of thioether (sulfide) groups is 1. The molecule has 20 heavy (non-hydrogen) atoms. The first-order valence-electron chi connectivity index (χ1n) is 6.28. The van der Waals surface area contributed by atoms with E-state index in [0.717, 1.165) is 4.31 Å². The van der Waals surface area contributed by atoms with Crippen LogP contribution < -0.4 is 0 Å². The zero-order valence-corrected chi connectivity index (χ0v) is 12.9. The van der Waals surface area contributed by atoms with E-state index < -0.39 is 22.0 Å². The molecule has 1 N–H and O–H groups in total. The van der Waals surface area contributed by atoms with Crippen LogP contribution >= 0.6 is 11.8 Å². The molecule has 0 saturated carbocycles. The van der Waals surface area contributed by atoms with E-state index in [1.807, 2.05) is 13.8 Å². The van der Waals surface area contributed by atoms with E-state index >= 15 is 0 Å². The van der Waals surface area contributed by atoms with E-state index in [4.69, 9.17) is 0 Å².